The summed E-state index contributed by atoms with van der Waals surface area (Å²) < 4.78 is 1.09. The molecule has 1 saturated heterocycles. The summed E-state index contributed by atoms with van der Waals surface area (Å²) in [5.74, 6) is 1.49. The second kappa shape index (κ2) is 8.98. The van der Waals surface area contributed by atoms with Crippen LogP contribution in [0, 0.1) is 0 Å². The van der Waals surface area contributed by atoms with Gasteiger partial charge in [-0.2, -0.15) is 4.98 Å². The minimum absolute atomic E-state index is 0.156. The highest BCUT2D eigenvalue weighted by molar-refractivity contribution is 7.17. The minimum Gasteiger partial charge on any atom is -0.393 e. The summed E-state index contributed by atoms with van der Waals surface area (Å²) in [6.45, 7) is 4.33. The molecule has 2 aliphatic rings. The summed E-state index contributed by atoms with van der Waals surface area (Å²) in [6, 6.07) is 10.9. The Morgan fingerprint density at radius 1 is 0.968 bits per heavy atom. The van der Waals surface area contributed by atoms with Gasteiger partial charge in [-0.25, -0.2) is 4.98 Å². The average Bonchev–Trinajstić information content (AvgIpc) is 3.26. The molecule has 0 bridgehead atoms. The lowest BCUT2D eigenvalue weighted by Crippen LogP contribution is -2.44. The zero-order valence-corrected chi connectivity index (χ0v) is 18.7. The van der Waals surface area contributed by atoms with Crippen LogP contribution in [0.2, 0.25) is 0 Å². The van der Waals surface area contributed by atoms with Crippen molar-refractivity contribution in [2.45, 2.75) is 37.8 Å². The fourth-order valence-electron chi connectivity index (χ4n) is 4.38. The van der Waals surface area contributed by atoms with E-state index in [2.05, 4.69) is 57.1 Å². The number of nitrogens with one attached hydrogen (secondary N) is 2. The molecule has 2 aromatic heterocycles. The maximum absolute atomic E-state index is 9.79. The number of rotatable bonds is 5. The maximum atomic E-state index is 9.79. The summed E-state index contributed by atoms with van der Waals surface area (Å²) in [7, 11) is 2.18. The third kappa shape index (κ3) is 4.76. The van der Waals surface area contributed by atoms with Crippen molar-refractivity contribution in [2.24, 2.45) is 0 Å². The van der Waals surface area contributed by atoms with Gasteiger partial charge in [0, 0.05) is 43.6 Å². The normalized spacial score (nSPS) is 22.6. The standard InChI is InChI=1S/C23H30N6OS/c1-28-11-13-29(14-12-28)18-6-2-17(3-7-18)25-23-26-20-10-15-31-21(20)22(27-23)24-16-4-8-19(30)9-5-16/h2-3,6-7,10,15-16,19,30H,4-5,8-9,11-14H2,1H3,(H2,24,25,26,27). The molecular weight excluding hydrogens is 408 g/mol. The molecule has 8 heteroatoms. The molecule has 0 unspecified atom stereocenters. The number of nitrogens with zero attached hydrogens (tertiary/aromatic N) is 4. The molecule has 1 saturated carbocycles. The Morgan fingerprint density at radius 3 is 2.45 bits per heavy atom. The van der Waals surface area contributed by atoms with Gasteiger partial charge in [0.1, 0.15) is 5.82 Å². The van der Waals surface area contributed by atoms with Crippen LogP contribution in [0.15, 0.2) is 35.7 Å². The molecule has 7 nitrogen and oxygen atoms in total. The quantitative estimate of drug-likeness (QED) is 0.558. The van der Waals surface area contributed by atoms with Crippen LogP contribution in [0.4, 0.5) is 23.1 Å². The summed E-state index contributed by atoms with van der Waals surface area (Å²) in [5.41, 5.74) is 3.20. The Labute approximate surface area is 187 Å². The Kier molecular flexibility index (Phi) is 5.93. The molecule has 2 fully saturated rings. The lowest BCUT2D eigenvalue weighted by molar-refractivity contribution is 0.126. The predicted molar refractivity (Wildman–Crippen MR) is 129 cm³/mol. The smallest absolute Gasteiger partial charge is 0.229 e. The van der Waals surface area contributed by atoms with Crippen molar-refractivity contribution in [1.82, 2.24) is 14.9 Å². The molecule has 3 aromatic rings. The second-order valence-corrected chi connectivity index (χ2v) is 9.56. The van der Waals surface area contributed by atoms with E-state index in [0.29, 0.717) is 12.0 Å². The van der Waals surface area contributed by atoms with E-state index in [9.17, 15) is 5.11 Å². The predicted octanol–water partition coefficient (Wildman–Crippen LogP) is 3.90. The second-order valence-electron chi connectivity index (χ2n) is 8.64. The van der Waals surface area contributed by atoms with Crippen LogP contribution in [0.25, 0.3) is 10.2 Å². The molecule has 0 spiro atoms. The lowest BCUT2D eigenvalue weighted by atomic mass is 9.93. The van der Waals surface area contributed by atoms with E-state index in [-0.39, 0.29) is 6.10 Å². The van der Waals surface area contributed by atoms with Gasteiger partial charge in [0.05, 0.1) is 16.3 Å². The topological polar surface area (TPSA) is 76.5 Å². The number of hydrogen-bond donors (Lipinski definition) is 3. The van der Waals surface area contributed by atoms with Crippen molar-refractivity contribution in [3.63, 3.8) is 0 Å². The highest BCUT2D eigenvalue weighted by Crippen LogP contribution is 2.31. The van der Waals surface area contributed by atoms with Gasteiger partial charge in [0.15, 0.2) is 0 Å². The molecule has 3 heterocycles. The fourth-order valence-corrected chi connectivity index (χ4v) is 5.16. The molecule has 164 valence electrons. The van der Waals surface area contributed by atoms with Gasteiger partial charge in [-0.3, -0.25) is 0 Å². The van der Waals surface area contributed by atoms with E-state index >= 15 is 0 Å². The molecule has 1 aliphatic heterocycles. The zero-order chi connectivity index (χ0) is 21.2. The molecule has 0 radical (unpaired) electrons. The Hall–Kier alpha value is -2.42. The fraction of sp³-hybridized carbons (Fsp3) is 0.478. The third-order valence-electron chi connectivity index (χ3n) is 6.33. The van der Waals surface area contributed by atoms with Gasteiger partial charge in [-0.05, 0) is 68.4 Å². The van der Waals surface area contributed by atoms with Crippen molar-refractivity contribution in [3.8, 4) is 0 Å². The number of piperazine rings is 1. The van der Waals surface area contributed by atoms with Crippen LogP contribution in [0.1, 0.15) is 25.7 Å². The summed E-state index contributed by atoms with van der Waals surface area (Å²) in [5, 5.41) is 18.8. The lowest BCUT2D eigenvalue weighted by Gasteiger charge is -2.34. The first-order chi connectivity index (χ1) is 15.1. The molecule has 5 rings (SSSR count). The third-order valence-corrected chi connectivity index (χ3v) is 7.24. The van der Waals surface area contributed by atoms with E-state index < -0.39 is 0 Å². The van der Waals surface area contributed by atoms with Crippen LogP contribution in [0.3, 0.4) is 0 Å². The van der Waals surface area contributed by atoms with E-state index in [0.717, 1.165) is 73.6 Å². The molecule has 1 aromatic carbocycles. The van der Waals surface area contributed by atoms with Crippen LogP contribution in [-0.2, 0) is 0 Å². The first-order valence-corrected chi connectivity index (χ1v) is 12.0. The summed E-state index contributed by atoms with van der Waals surface area (Å²) in [4.78, 5) is 14.3. The Morgan fingerprint density at radius 2 is 1.71 bits per heavy atom. The van der Waals surface area contributed by atoms with Crippen LogP contribution >= 0.6 is 11.3 Å². The molecular formula is C23H30N6OS. The number of aromatic nitrogens is 2. The van der Waals surface area contributed by atoms with Crippen molar-refractivity contribution >= 4 is 44.7 Å². The largest absolute Gasteiger partial charge is 0.393 e. The van der Waals surface area contributed by atoms with Gasteiger partial charge < -0.3 is 25.5 Å². The number of fused-ring (bicyclic) bond motifs is 1. The highest BCUT2D eigenvalue weighted by atomic mass is 32.1. The van der Waals surface area contributed by atoms with Gasteiger partial charge in [0.25, 0.3) is 0 Å². The molecule has 31 heavy (non-hydrogen) atoms. The molecule has 0 atom stereocenters. The number of hydrogen-bond acceptors (Lipinski definition) is 8. The minimum atomic E-state index is -0.156. The van der Waals surface area contributed by atoms with Crippen molar-refractivity contribution in [2.75, 3.05) is 48.8 Å². The van der Waals surface area contributed by atoms with E-state index in [4.69, 9.17) is 9.97 Å². The number of aliphatic hydroxyl groups is 1. The maximum Gasteiger partial charge on any atom is 0.229 e. The number of thiophene rings is 1. The average molecular weight is 439 g/mol. The van der Waals surface area contributed by atoms with Crippen LogP contribution in [0.5, 0.6) is 0 Å². The van der Waals surface area contributed by atoms with Gasteiger partial charge in [-0.15, -0.1) is 11.3 Å². The van der Waals surface area contributed by atoms with Crippen molar-refractivity contribution in [3.05, 3.63) is 35.7 Å². The van der Waals surface area contributed by atoms with Gasteiger partial charge in [0.2, 0.25) is 5.95 Å². The first-order valence-electron chi connectivity index (χ1n) is 11.1. The number of benzene rings is 1. The van der Waals surface area contributed by atoms with E-state index in [1.807, 2.05) is 6.07 Å². The van der Waals surface area contributed by atoms with Gasteiger partial charge in [-0.1, -0.05) is 0 Å². The number of anilines is 4. The first kappa shape index (κ1) is 20.5. The van der Waals surface area contributed by atoms with E-state index in [1.54, 1.807) is 11.3 Å². The molecule has 1 aliphatic carbocycles. The summed E-state index contributed by atoms with van der Waals surface area (Å²) in [6.07, 6.45) is 3.47. The van der Waals surface area contributed by atoms with Crippen LogP contribution < -0.4 is 15.5 Å². The zero-order valence-electron chi connectivity index (χ0n) is 17.9. The number of likely N-dealkylation sites (N-methyl/N-ethyl adjacent to an activating group) is 1. The van der Waals surface area contributed by atoms with E-state index in [1.165, 1.54) is 5.69 Å². The molecule has 3 N–H and O–H groups in total. The Bertz CT molecular complexity index is 1010. The Balaban J connectivity index is 1.31. The summed E-state index contributed by atoms with van der Waals surface area (Å²) >= 11 is 1.66. The van der Waals surface area contributed by atoms with Crippen LogP contribution in [-0.4, -0.2) is 65.3 Å². The van der Waals surface area contributed by atoms with Gasteiger partial charge >= 0.3 is 0 Å². The van der Waals surface area contributed by atoms with Crippen molar-refractivity contribution < 1.29 is 5.11 Å². The van der Waals surface area contributed by atoms with Crippen molar-refractivity contribution in [1.29, 1.82) is 0 Å². The number of aliphatic hydroxyl groups excluding tert-OH is 1. The molecule has 0 amide bonds. The highest BCUT2D eigenvalue weighted by Gasteiger charge is 2.21. The monoisotopic (exact) mass is 438 g/mol. The SMILES string of the molecule is CN1CCN(c2ccc(Nc3nc(NC4CCC(O)CC4)c4sccc4n3)cc2)CC1.